The molecule has 1 aliphatic carbocycles. The van der Waals surface area contributed by atoms with Gasteiger partial charge in [0.15, 0.2) is 0 Å². The zero-order chi connectivity index (χ0) is 14.7. The first-order valence-electron chi connectivity index (χ1n) is 8.11. The fourth-order valence-corrected chi connectivity index (χ4v) is 4.45. The van der Waals surface area contributed by atoms with E-state index >= 15 is 0 Å². The third-order valence-corrected chi connectivity index (χ3v) is 5.51. The highest BCUT2D eigenvalue weighted by Crippen LogP contribution is 2.34. The highest BCUT2D eigenvalue weighted by atomic mass is 32.1. The van der Waals surface area contributed by atoms with Crippen LogP contribution in [0.15, 0.2) is 18.5 Å². The van der Waals surface area contributed by atoms with Crippen LogP contribution in [-0.2, 0) is 19.9 Å². The minimum absolute atomic E-state index is 0.301. The molecule has 4 heteroatoms. The predicted molar refractivity (Wildman–Crippen MR) is 88.9 cm³/mol. The van der Waals surface area contributed by atoms with Crippen molar-refractivity contribution in [3.05, 3.63) is 39.3 Å². The Labute approximate surface area is 131 Å². The maximum atomic E-state index is 4.35. The molecule has 0 bridgehead atoms. The van der Waals surface area contributed by atoms with Crippen LogP contribution in [0.4, 0.5) is 0 Å². The lowest BCUT2D eigenvalue weighted by Crippen LogP contribution is -2.22. The molecule has 1 aliphatic rings. The van der Waals surface area contributed by atoms with E-state index in [1.54, 1.807) is 10.4 Å². The van der Waals surface area contributed by atoms with Crippen LogP contribution in [0.3, 0.4) is 0 Å². The lowest BCUT2D eigenvalue weighted by molar-refractivity contribution is 0.604. The highest BCUT2D eigenvalue weighted by molar-refractivity contribution is 7.12. The average molecular weight is 303 g/mol. The molecule has 0 radical (unpaired) electrons. The summed E-state index contributed by atoms with van der Waals surface area (Å²) in [6.07, 6.45) is 11.9. The zero-order valence-electron chi connectivity index (χ0n) is 13.1. The van der Waals surface area contributed by atoms with Crippen LogP contribution in [-0.4, -0.2) is 16.3 Å². The van der Waals surface area contributed by atoms with Crippen molar-refractivity contribution in [2.75, 3.05) is 6.54 Å². The normalized spacial score (nSPS) is 16.5. The second-order valence-corrected chi connectivity index (χ2v) is 7.16. The maximum Gasteiger partial charge on any atom is 0.0702 e. The van der Waals surface area contributed by atoms with Crippen LogP contribution >= 0.6 is 11.3 Å². The number of nitrogens with one attached hydrogen (secondary N) is 1. The van der Waals surface area contributed by atoms with E-state index in [4.69, 9.17) is 0 Å². The molecular weight excluding hydrogens is 278 g/mol. The largest absolute Gasteiger partial charge is 0.306 e. The molecule has 3 rings (SSSR count). The Bertz CT molecular complexity index is 561. The first-order valence-corrected chi connectivity index (χ1v) is 8.93. The van der Waals surface area contributed by atoms with E-state index in [1.165, 1.54) is 42.5 Å². The van der Waals surface area contributed by atoms with Crippen molar-refractivity contribution in [2.24, 2.45) is 7.05 Å². The van der Waals surface area contributed by atoms with Crippen molar-refractivity contribution >= 4 is 11.3 Å². The van der Waals surface area contributed by atoms with E-state index in [9.17, 15) is 0 Å². The summed E-state index contributed by atoms with van der Waals surface area (Å²) in [4.78, 5) is 3.08. The summed E-state index contributed by atoms with van der Waals surface area (Å²) >= 11 is 2.01. The van der Waals surface area contributed by atoms with Gasteiger partial charge in [0, 0.05) is 28.6 Å². The number of hydrogen-bond acceptors (Lipinski definition) is 3. The smallest absolute Gasteiger partial charge is 0.0702 e. The van der Waals surface area contributed by atoms with Gasteiger partial charge in [0.05, 0.1) is 12.2 Å². The minimum atomic E-state index is 0.301. The second kappa shape index (κ2) is 6.75. The third-order valence-electron chi connectivity index (χ3n) is 4.21. The van der Waals surface area contributed by atoms with Crippen LogP contribution in [0.25, 0.3) is 0 Å². The van der Waals surface area contributed by atoms with Gasteiger partial charge in [-0.3, -0.25) is 4.68 Å². The summed E-state index contributed by atoms with van der Waals surface area (Å²) in [6.45, 7) is 3.26. The number of aromatic nitrogens is 2. The molecule has 0 aliphatic heterocycles. The van der Waals surface area contributed by atoms with E-state index in [0.717, 1.165) is 13.0 Å². The Hall–Kier alpha value is -1.13. The van der Waals surface area contributed by atoms with E-state index in [1.807, 2.05) is 29.3 Å². The Kier molecular flexibility index (Phi) is 4.76. The summed E-state index contributed by atoms with van der Waals surface area (Å²) < 4.78 is 1.90. The lowest BCUT2D eigenvalue weighted by Gasteiger charge is -2.15. The summed E-state index contributed by atoms with van der Waals surface area (Å²) in [5, 5.41) is 8.05. The van der Waals surface area contributed by atoms with E-state index in [2.05, 4.69) is 29.6 Å². The molecule has 0 saturated carbocycles. The first-order chi connectivity index (χ1) is 10.3. The zero-order valence-corrected chi connectivity index (χ0v) is 13.9. The monoisotopic (exact) mass is 303 g/mol. The van der Waals surface area contributed by atoms with Crippen LogP contribution < -0.4 is 5.32 Å². The van der Waals surface area contributed by atoms with E-state index in [0.29, 0.717) is 6.04 Å². The molecule has 2 aromatic heterocycles. The Morgan fingerprint density at radius 3 is 2.95 bits per heavy atom. The first kappa shape index (κ1) is 14.8. The van der Waals surface area contributed by atoms with Gasteiger partial charge < -0.3 is 5.32 Å². The summed E-state index contributed by atoms with van der Waals surface area (Å²) in [5.41, 5.74) is 2.88. The van der Waals surface area contributed by atoms with Gasteiger partial charge in [-0.15, -0.1) is 11.3 Å². The van der Waals surface area contributed by atoms with Crippen LogP contribution in [0.5, 0.6) is 0 Å². The SMILES string of the molecule is CCCNC(c1cnn(C)c1)c1cc2c(s1)CCCCC2. The maximum absolute atomic E-state index is 4.35. The molecule has 0 spiro atoms. The van der Waals surface area contributed by atoms with Crippen molar-refractivity contribution in [3.8, 4) is 0 Å². The quantitative estimate of drug-likeness (QED) is 0.851. The number of hydrogen-bond donors (Lipinski definition) is 1. The number of aryl methyl sites for hydroxylation is 3. The van der Waals surface area contributed by atoms with Crippen molar-refractivity contribution in [1.82, 2.24) is 15.1 Å². The van der Waals surface area contributed by atoms with Crippen molar-refractivity contribution in [3.63, 3.8) is 0 Å². The number of rotatable bonds is 5. The second-order valence-electron chi connectivity index (χ2n) is 5.99. The standard InChI is InChI=1S/C17H25N3S/c1-3-9-18-17(14-11-19-20(2)12-14)16-10-13-7-5-4-6-8-15(13)21-16/h10-12,17-18H,3-9H2,1-2H3. The third kappa shape index (κ3) is 3.38. The van der Waals surface area contributed by atoms with Gasteiger partial charge in [0.2, 0.25) is 0 Å². The van der Waals surface area contributed by atoms with Crippen LogP contribution in [0.2, 0.25) is 0 Å². The van der Waals surface area contributed by atoms with Crippen LogP contribution in [0.1, 0.15) is 59.5 Å². The van der Waals surface area contributed by atoms with Crippen LogP contribution in [0, 0.1) is 0 Å². The summed E-state index contributed by atoms with van der Waals surface area (Å²) in [6, 6.07) is 2.75. The Morgan fingerprint density at radius 1 is 1.33 bits per heavy atom. The van der Waals surface area contributed by atoms with Gasteiger partial charge in [0.25, 0.3) is 0 Å². The topological polar surface area (TPSA) is 29.9 Å². The van der Waals surface area contributed by atoms with E-state index in [-0.39, 0.29) is 0 Å². The molecule has 114 valence electrons. The fraction of sp³-hybridized carbons (Fsp3) is 0.588. The highest BCUT2D eigenvalue weighted by Gasteiger charge is 2.20. The molecule has 1 atom stereocenters. The predicted octanol–water partition coefficient (Wildman–Crippen LogP) is 3.84. The minimum Gasteiger partial charge on any atom is -0.306 e. The Morgan fingerprint density at radius 2 is 2.19 bits per heavy atom. The molecule has 21 heavy (non-hydrogen) atoms. The molecule has 0 fully saturated rings. The van der Waals surface area contributed by atoms with Crippen molar-refractivity contribution < 1.29 is 0 Å². The molecule has 2 aromatic rings. The molecular formula is C17H25N3S. The van der Waals surface area contributed by atoms with Crippen molar-refractivity contribution in [2.45, 2.75) is 51.5 Å². The van der Waals surface area contributed by atoms with Gasteiger partial charge in [-0.25, -0.2) is 0 Å². The number of nitrogens with zero attached hydrogens (tertiary/aromatic N) is 2. The van der Waals surface area contributed by atoms with Gasteiger partial charge in [-0.1, -0.05) is 13.3 Å². The van der Waals surface area contributed by atoms with Gasteiger partial charge in [-0.2, -0.15) is 5.10 Å². The number of fused-ring (bicyclic) bond motifs is 1. The van der Waals surface area contributed by atoms with Crippen molar-refractivity contribution in [1.29, 1.82) is 0 Å². The summed E-state index contributed by atoms with van der Waals surface area (Å²) in [5.74, 6) is 0. The molecule has 1 unspecified atom stereocenters. The molecule has 0 amide bonds. The summed E-state index contributed by atoms with van der Waals surface area (Å²) in [7, 11) is 1.99. The molecule has 0 saturated heterocycles. The lowest BCUT2D eigenvalue weighted by atomic mass is 10.1. The average Bonchev–Trinajstić information content (AvgIpc) is 3.01. The van der Waals surface area contributed by atoms with Gasteiger partial charge >= 0.3 is 0 Å². The molecule has 3 nitrogen and oxygen atoms in total. The number of thiophene rings is 1. The molecule has 2 heterocycles. The van der Waals surface area contributed by atoms with Gasteiger partial charge in [-0.05, 0) is 50.3 Å². The fourth-order valence-electron chi connectivity index (χ4n) is 3.09. The molecule has 1 N–H and O–H groups in total. The Balaban J connectivity index is 1.89. The van der Waals surface area contributed by atoms with Gasteiger partial charge in [0.1, 0.15) is 0 Å². The van der Waals surface area contributed by atoms with E-state index < -0.39 is 0 Å². The molecule has 0 aromatic carbocycles.